The Labute approximate surface area is 152 Å². The fourth-order valence-electron chi connectivity index (χ4n) is 3.00. The lowest BCUT2D eigenvalue weighted by Crippen LogP contribution is -2.48. The zero-order chi connectivity index (χ0) is 18.5. The zero-order valence-electron chi connectivity index (χ0n) is 15.2. The van der Waals surface area contributed by atoms with Crippen molar-refractivity contribution >= 4 is 5.91 Å². The van der Waals surface area contributed by atoms with Crippen LogP contribution < -0.4 is 10.3 Å². The first kappa shape index (κ1) is 18.1. The Balaban J connectivity index is 1.54. The molecule has 7 heteroatoms. The molecule has 1 aromatic heterocycles. The number of ether oxygens (including phenoxy) is 1. The van der Waals surface area contributed by atoms with E-state index in [2.05, 4.69) is 22.1 Å². The molecule has 1 amide bonds. The number of carbonyl (C=O) groups excluding carboxylic acids is 1. The van der Waals surface area contributed by atoms with Crippen molar-refractivity contribution in [3.8, 4) is 5.75 Å². The molecule has 2 heterocycles. The Morgan fingerprint density at radius 1 is 1.08 bits per heavy atom. The maximum Gasteiger partial charge on any atom is 0.274 e. The molecule has 0 saturated carbocycles. The van der Waals surface area contributed by atoms with E-state index >= 15 is 0 Å². The number of aryl methyl sites for hydroxylation is 1. The summed E-state index contributed by atoms with van der Waals surface area (Å²) in [6.45, 7) is 6.42. The van der Waals surface area contributed by atoms with Gasteiger partial charge in [0.05, 0.1) is 6.61 Å². The predicted molar refractivity (Wildman–Crippen MR) is 98.3 cm³/mol. The average Bonchev–Trinajstić information content (AvgIpc) is 2.66. The minimum atomic E-state index is -0.221. The summed E-state index contributed by atoms with van der Waals surface area (Å²) in [5.41, 5.74) is 1.32. The molecule has 0 spiro atoms. The standard InChI is InChI=1S/C19H24N4O3/c1-3-26-16-6-4-15(5-7-16)14-22-10-12-23(13-11-22)19(25)17-8-9-18(24)21(2)20-17/h4-9H,3,10-14H2,1-2H3. The number of amides is 1. The third kappa shape index (κ3) is 4.29. The SMILES string of the molecule is CCOc1ccc(CN2CCN(C(=O)c3ccc(=O)n(C)n3)CC2)cc1. The van der Waals surface area contributed by atoms with Crippen LogP contribution in [0.1, 0.15) is 23.0 Å². The topological polar surface area (TPSA) is 67.7 Å². The maximum atomic E-state index is 12.5. The Morgan fingerprint density at radius 2 is 1.77 bits per heavy atom. The third-order valence-corrected chi connectivity index (χ3v) is 4.48. The molecule has 7 nitrogen and oxygen atoms in total. The first-order valence-electron chi connectivity index (χ1n) is 8.84. The minimum Gasteiger partial charge on any atom is -0.494 e. The number of aromatic nitrogens is 2. The summed E-state index contributed by atoms with van der Waals surface area (Å²) in [7, 11) is 1.55. The van der Waals surface area contributed by atoms with Crippen molar-refractivity contribution in [2.75, 3.05) is 32.8 Å². The van der Waals surface area contributed by atoms with E-state index < -0.39 is 0 Å². The van der Waals surface area contributed by atoms with E-state index in [1.165, 1.54) is 22.4 Å². The van der Waals surface area contributed by atoms with Gasteiger partial charge in [-0.2, -0.15) is 5.10 Å². The highest BCUT2D eigenvalue weighted by molar-refractivity contribution is 5.92. The van der Waals surface area contributed by atoms with Gasteiger partial charge in [0.2, 0.25) is 0 Å². The van der Waals surface area contributed by atoms with Gasteiger partial charge in [0, 0.05) is 45.8 Å². The molecule has 1 aliphatic heterocycles. The van der Waals surface area contributed by atoms with Gasteiger partial charge in [0.25, 0.3) is 11.5 Å². The molecule has 3 rings (SSSR count). The lowest BCUT2D eigenvalue weighted by atomic mass is 10.2. The Morgan fingerprint density at radius 3 is 2.38 bits per heavy atom. The predicted octanol–water partition coefficient (Wildman–Crippen LogP) is 1.14. The second kappa shape index (κ2) is 8.14. The van der Waals surface area contributed by atoms with E-state index in [0.717, 1.165) is 25.4 Å². The molecule has 0 bridgehead atoms. The molecule has 26 heavy (non-hydrogen) atoms. The van der Waals surface area contributed by atoms with Crippen molar-refractivity contribution in [2.24, 2.45) is 7.05 Å². The van der Waals surface area contributed by atoms with Gasteiger partial charge in [0.1, 0.15) is 11.4 Å². The van der Waals surface area contributed by atoms with Crippen LogP contribution in [-0.2, 0) is 13.6 Å². The fourth-order valence-corrected chi connectivity index (χ4v) is 3.00. The van der Waals surface area contributed by atoms with Gasteiger partial charge in [-0.3, -0.25) is 14.5 Å². The molecule has 1 aliphatic rings. The van der Waals surface area contributed by atoms with Crippen molar-refractivity contribution in [1.29, 1.82) is 0 Å². The van der Waals surface area contributed by atoms with Crippen molar-refractivity contribution < 1.29 is 9.53 Å². The van der Waals surface area contributed by atoms with Crippen LogP contribution in [0.3, 0.4) is 0 Å². The van der Waals surface area contributed by atoms with E-state index in [9.17, 15) is 9.59 Å². The first-order chi connectivity index (χ1) is 12.6. The smallest absolute Gasteiger partial charge is 0.274 e. The lowest BCUT2D eigenvalue weighted by Gasteiger charge is -2.34. The van der Waals surface area contributed by atoms with E-state index in [1.807, 2.05) is 19.1 Å². The van der Waals surface area contributed by atoms with Crippen LogP contribution in [0.4, 0.5) is 0 Å². The van der Waals surface area contributed by atoms with Crippen LogP contribution in [0.15, 0.2) is 41.2 Å². The van der Waals surface area contributed by atoms with Crippen LogP contribution in [0.25, 0.3) is 0 Å². The Hall–Kier alpha value is -2.67. The largest absolute Gasteiger partial charge is 0.494 e. The van der Waals surface area contributed by atoms with Crippen LogP contribution in [-0.4, -0.2) is 58.3 Å². The van der Waals surface area contributed by atoms with E-state index in [0.29, 0.717) is 25.4 Å². The number of rotatable bonds is 5. The summed E-state index contributed by atoms with van der Waals surface area (Å²) in [4.78, 5) is 28.1. The zero-order valence-corrected chi connectivity index (χ0v) is 15.2. The average molecular weight is 356 g/mol. The summed E-state index contributed by atoms with van der Waals surface area (Å²) in [6, 6.07) is 11.0. The van der Waals surface area contributed by atoms with Crippen molar-refractivity contribution in [1.82, 2.24) is 19.6 Å². The molecule has 0 atom stereocenters. The second-order valence-electron chi connectivity index (χ2n) is 6.33. The minimum absolute atomic E-state index is 0.124. The highest BCUT2D eigenvalue weighted by Crippen LogP contribution is 2.15. The number of hydrogen-bond acceptors (Lipinski definition) is 5. The molecule has 0 unspecified atom stereocenters. The summed E-state index contributed by atoms with van der Waals surface area (Å²) < 4.78 is 6.65. The highest BCUT2D eigenvalue weighted by Gasteiger charge is 2.23. The van der Waals surface area contributed by atoms with Gasteiger partial charge in [-0.15, -0.1) is 0 Å². The molecular weight excluding hydrogens is 332 g/mol. The van der Waals surface area contributed by atoms with Crippen molar-refractivity contribution in [2.45, 2.75) is 13.5 Å². The summed E-state index contributed by atoms with van der Waals surface area (Å²) in [5, 5.41) is 4.05. The normalized spacial score (nSPS) is 15.1. The van der Waals surface area contributed by atoms with Gasteiger partial charge < -0.3 is 9.64 Å². The van der Waals surface area contributed by atoms with Gasteiger partial charge >= 0.3 is 0 Å². The molecule has 138 valence electrons. The molecule has 1 aromatic carbocycles. The number of carbonyl (C=O) groups is 1. The number of hydrogen-bond donors (Lipinski definition) is 0. The molecule has 1 saturated heterocycles. The van der Waals surface area contributed by atoms with Gasteiger partial charge in [-0.25, -0.2) is 4.68 Å². The van der Waals surface area contributed by atoms with Crippen LogP contribution in [0.5, 0.6) is 5.75 Å². The maximum absolute atomic E-state index is 12.5. The second-order valence-corrected chi connectivity index (χ2v) is 6.33. The van der Waals surface area contributed by atoms with E-state index in [1.54, 1.807) is 11.9 Å². The summed E-state index contributed by atoms with van der Waals surface area (Å²) >= 11 is 0. The number of benzene rings is 1. The van der Waals surface area contributed by atoms with Crippen molar-refractivity contribution in [3.05, 3.63) is 58.0 Å². The van der Waals surface area contributed by atoms with Gasteiger partial charge in [-0.05, 0) is 30.7 Å². The molecule has 2 aromatic rings. The lowest BCUT2D eigenvalue weighted by molar-refractivity contribution is 0.0620. The molecular formula is C19H24N4O3. The molecule has 1 fully saturated rings. The number of piperazine rings is 1. The summed E-state index contributed by atoms with van der Waals surface area (Å²) in [6.07, 6.45) is 0. The van der Waals surface area contributed by atoms with Crippen LogP contribution in [0, 0.1) is 0 Å². The van der Waals surface area contributed by atoms with Crippen LogP contribution in [0.2, 0.25) is 0 Å². The monoisotopic (exact) mass is 356 g/mol. The first-order valence-corrected chi connectivity index (χ1v) is 8.84. The highest BCUT2D eigenvalue weighted by atomic mass is 16.5. The third-order valence-electron chi connectivity index (χ3n) is 4.48. The van der Waals surface area contributed by atoms with Crippen molar-refractivity contribution in [3.63, 3.8) is 0 Å². The molecule has 0 N–H and O–H groups in total. The van der Waals surface area contributed by atoms with E-state index in [4.69, 9.17) is 4.74 Å². The summed E-state index contributed by atoms with van der Waals surface area (Å²) in [5.74, 6) is 0.762. The van der Waals surface area contributed by atoms with Crippen LogP contribution >= 0.6 is 0 Å². The fraction of sp³-hybridized carbons (Fsp3) is 0.421. The Kier molecular flexibility index (Phi) is 5.68. The van der Waals surface area contributed by atoms with E-state index in [-0.39, 0.29) is 11.5 Å². The Bertz CT molecular complexity index is 808. The molecule has 0 radical (unpaired) electrons. The number of nitrogens with zero attached hydrogens (tertiary/aromatic N) is 4. The van der Waals surface area contributed by atoms with Gasteiger partial charge in [-0.1, -0.05) is 12.1 Å². The quantitative estimate of drug-likeness (QED) is 0.804. The molecule has 0 aliphatic carbocycles. The van der Waals surface area contributed by atoms with Gasteiger partial charge in [0.15, 0.2) is 0 Å².